The lowest BCUT2D eigenvalue weighted by Gasteiger charge is -2.29. The molecule has 0 aromatic heterocycles. The standard InChI is InChI=1S/C7H15N.ClH.H3NO2S/c1-7-5-3-4-6-8(7)2;;1-4(2)3/h7H,3-6H2,1-2H3;1H;1H2,(H,2,3)/p-1. The van der Waals surface area contributed by atoms with Crippen LogP contribution in [0.25, 0.3) is 0 Å². The van der Waals surface area contributed by atoms with E-state index in [0.29, 0.717) is 0 Å². The molecular weight excluding hydrogens is 212 g/mol. The van der Waals surface area contributed by atoms with Gasteiger partial charge in [0.15, 0.2) is 0 Å². The van der Waals surface area contributed by atoms with Crippen LogP contribution in [0.2, 0.25) is 0 Å². The quantitative estimate of drug-likeness (QED) is 0.621. The van der Waals surface area contributed by atoms with Gasteiger partial charge in [0.05, 0.1) is 0 Å². The molecule has 1 heterocycles. The average Bonchev–Trinajstić information content (AvgIpc) is 1.94. The molecular formula is C7H18ClN2O2S-. The third kappa shape index (κ3) is 10.2. The first kappa shape index (κ1) is 15.8. The van der Waals surface area contributed by atoms with Crippen LogP contribution in [-0.2, 0) is 11.3 Å². The maximum atomic E-state index is 8.78. The molecule has 0 saturated carbocycles. The topological polar surface area (TPSA) is 69.4 Å². The Balaban J connectivity index is 0. The largest absolute Gasteiger partial charge is 0.760 e. The van der Waals surface area contributed by atoms with E-state index in [1.54, 1.807) is 0 Å². The maximum Gasteiger partial charge on any atom is 0.0152 e. The number of piperidine rings is 1. The Hall–Kier alpha value is 0.320. The van der Waals surface area contributed by atoms with E-state index in [4.69, 9.17) is 8.76 Å². The highest BCUT2D eigenvalue weighted by molar-refractivity contribution is 7.76. The van der Waals surface area contributed by atoms with E-state index in [1.807, 2.05) is 0 Å². The smallest absolute Gasteiger partial charge is 0.0152 e. The minimum absolute atomic E-state index is 0. The van der Waals surface area contributed by atoms with Gasteiger partial charge in [-0.15, -0.1) is 12.4 Å². The molecule has 1 saturated heterocycles. The first-order chi connectivity index (χ1) is 5.54. The molecule has 6 heteroatoms. The SMILES string of the molecule is CC1CCCCN1C.Cl.NS(=O)[O-]. The Morgan fingerprint density at radius 3 is 2.23 bits per heavy atom. The first-order valence-electron chi connectivity index (χ1n) is 4.08. The third-order valence-corrected chi connectivity index (χ3v) is 2.14. The molecule has 1 aliphatic heterocycles. The molecule has 1 rings (SSSR count). The molecule has 0 bridgehead atoms. The van der Waals surface area contributed by atoms with E-state index < -0.39 is 11.3 Å². The molecule has 1 fully saturated rings. The summed E-state index contributed by atoms with van der Waals surface area (Å²) in [6, 6.07) is 0.837. The maximum absolute atomic E-state index is 8.78. The van der Waals surface area contributed by atoms with Gasteiger partial charge in [-0.1, -0.05) is 6.42 Å². The molecule has 2 atom stereocenters. The number of nitrogens with zero attached hydrogens (tertiary/aromatic N) is 1. The van der Waals surface area contributed by atoms with Gasteiger partial charge in [-0.05, 0) is 33.4 Å². The average molecular weight is 230 g/mol. The first-order valence-corrected chi connectivity index (χ1v) is 5.21. The Morgan fingerprint density at radius 1 is 1.54 bits per heavy atom. The number of hydrogen-bond donors (Lipinski definition) is 1. The summed E-state index contributed by atoms with van der Waals surface area (Å²) < 4.78 is 17.6. The fourth-order valence-electron chi connectivity index (χ4n) is 1.24. The van der Waals surface area contributed by atoms with Crippen LogP contribution in [-0.4, -0.2) is 33.3 Å². The molecule has 0 spiro atoms. The van der Waals surface area contributed by atoms with Crippen LogP contribution in [0.1, 0.15) is 26.2 Å². The Bertz CT molecular complexity index is 134. The molecule has 82 valence electrons. The monoisotopic (exact) mass is 229 g/mol. The lowest BCUT2D eigenvalue weighted by atomic mass is 10.1. The van der Waals surface area contributed by atoms with Gasteiger partial charge in [-0.3, -0.25) is 9.35 Å². The van der Waals surface area contributed by atoms with Crippen molar-refractivity contribution in [2.24, 2.45) is 5.14 Å². The van der Waals surface area contributed by atoms with Crippen LogP contribution in [0.5, 0.6) is 0 Å². The molecule has 0 aliphatic carbocycles. The van der Waals surface area contributed by atoms with Gasteiger partial charge in [0.2, 0.25) is 0 Å². The summed E-state index contributed by atoms with van der Waals surface area (Å²) in [6.45, 7) is 3.61. The lowest BCUT2D eigenvalue weighted by molar-refractivity contribution is 0.200. The molecule has 2 unspecified atom stereocenters. The Labute approximate surface area is 88.7 Å². The summed E-state index contributed by atoms with van der Waals surface area (Å²) in [5, 5.41) is 4.03. The van der Waals surface area contributed by atoms with Gasteiger partial charge >= 0.3 is 0 Å². The van der Waals surface area contributed by atoms with Crippen molar-refractivity contribution in [1.29, 1.82) is 0 Å². The van der Waals surface area contributed by atoms with Crippen LogP contribution in [0.3, 0.4) is 0 Å². The van der Waals surface area contributed by atoms with E-state index in [0.717, 1.165) is 6.04 Å². The molecule has 4 nitrogen and oxygen atoms in total. The van der Waals surface area contributed by atoms with E-state index in [1.165, 1.54) is 25.8 Å². The van der Waals surface area contributed by atoms with E-state index in [-0.39, 0.29) is 12.4 Å². The molecule has 2 N–H and O–H groups in total. The van der Waals surface area contributed by atoms with Crippen molar-refractivity contribution in [2.45, 2.75) is 32.2 Å². The van der Waals surface area contributed by atoms with Crippen LogP contribution in [0, 0.1) is 0 Å². The van der Waals surface area contributed by atoms with Crippen molar-refractivity contribution >= 4 is 23.7 Å². The minimum Gasteiger partial charge on any atom is -0.760 e. The zero-order valence-corrected chi connectivity index (χ0v) is 9.70. The summed E-state index contributed by atoms with van der Waals surface area (Å²) in [4.78, 5) is 2.43. The highest BCUT2D eigenvalue weighted by Gasteiger charge is 2.12. The van der Waals surface area contributed by atoms with Crippen molar-refractivity contribution in [2.75, 3.05) is 13.6 Å². The zero-order chi connectivity index (χ0) is 9.56. The second kappa shape index (κ2) is 8.90. The van der Waals surface area contributed by atoms with Gasteiger partial charge < -0.3 is 9.45 Å². The Kier molecular flexibility index (Phi) is 10.8. The summed E-state index contributed by atoms with van der Waals surface area (Å²) in [5.41, 5.74) is 0. The van der Waals surface area contributed by atoms with Crippen molar-refractivity contribution in [1.82, 2.24) is 4.90 Å². The minimum atomic E-state index is -2.36. The normalized spacial score (nSPS) is 25.1. The van der Waals surface area contributed by atoms with Crippen molar-refractivity contribution < 1.29 is 8.76 Å². The second-order valence-corrected chi connectivity index (χ2v) is 3.61. The van der Waals surface area contributed by atoms with Crippen LogP contribution in [0.15, 0.2) is 0 Å². The predicted molar refractivity (Wildman–Crippen MR) is 56.3 cm³/mol. The van der Waals surface area contributed by atoms with Crippen molar-refractivity contribution in [3.8, 4) is 0 Å². The van der Waals surface area contributed by atoms with Crippen LogP contribution in [0.4, 0.5) is 0 Å². The fraction of sp³-hybridized carbons (Fsp3) is 1.00. The van der Waals surface area contributed by atoms with Gasteiger partial charge in [0, 0.05) is 17.3 Å². The highest BCUT2D eigenvalue weighted by Crippen LogP contribution is 2.13. The van der Waals surface area contributed by atoms with E-state index >= 15 is 0 Å². The molecule has 1 aliphatic rings. The van der Waals surface area contributed by atoms with Crippen LogP contribution < -0.4 is 5.14 Å². The summed E-state index contributed by atoms with van der Waals surface area (Å²) in [5.74, 6) is 0. The summed E-state index contributed by atoms with van der Waals surface area (Å²) >= 11 is -2.36. The zero-order valence-electron chi connectivity index (χ0n) is 8.06. The number of hydrogen-bond acceptors (Lipinski definition) is 3. The molecule has 0 amide bonds. The molecule has 13 heavy (non-hydrogen) atoms. The number of nitrogens with two attached hydrogens (primary N) is 1. The Morgan fingerprint density at radius 2 is 2.00 bits per heavy atom. The molecule has 0 radical (unpaired) electrons. The third-order valence-electron chi connectivity index (χ3n) is 2.14. The highest BCUT2D eigenvalue weighted by atomic mass is 35.5. The van der Waals surface area contributed by atoms with Gasteiger partial charge in [0.25, 0.3) is 0 Å². The van der Waals surface area contributed by atoms with E-state index in [9.17, 15) is 0 Å². The van der Waals surface area contributed by atoms with E-state index in [2.05, 4.69) is 24.0 Å². The number of likely N-dealkylation sites (tertiary alicyclic amines) is 1. The van der Waals surface area contributed by atoms with Gasteiger partial charge in [0.1, 0.15) is 0 Å². The summed E-state index contributed by atoms with van der Waals surface area (Å²) in [6.07, 6.45) is 4.24. The van der Waals surface area contributed by atoms with Crippen molar-refractivity contribution in [3.63, 3.8) is 0 Å². The molecule has 0 aromatic rings. The van der Waals surface area contributed by atoms with Crippen molar-refractivity contribution in [3.05, 3.63) is 0 Å². The number of rotatable bonds is 0. The second-order valence-electron chi connectivity index (χ2n) is 3.09. The van der Waals surface area contributed by atoms with Crippen LogP contribution >= 0.6 is 12.4 Å². The summed E-state index contributed by atoms with van der Waals surface area (Å²) in [7, 11) is 2.21. The van der Waals surface area contributed by atoms with Gasteiger partial charge in [-0.25, -0.2) is 0 Å². The van der Waals surface area contributed by atoms with Gasteiger partial charge in [-0.2, -0.15) is 0 Å². The lowest BCUT2D eigenvalue weighted by Crippen LogP contribution is -2.33. The molecule has 0 aromatic carbocycles. The predicted octanol–water partition coefficient (Wildman–Crippen LogP) is 0.652. The number of halogens is 1. The fourth-order valence-corrected chi connectivity index (χ4v) is 1.24.